The van der Waals surface area contributed by atoms with Gasteiger partial charge in [-0.15, -0.1) is 4.40 Å². The molecule has 1 aromatic carbocycles. The summed E-state index contributed by atoms with van der Waals surface area (Å²) in [5.41, 5.74) is 0.985. The molecule has 1 amide bonds. The Balaban J connectivity index is 2.49. The Morgan fingerprint density at radius 3 is 2.46 bits per heavy atom. The lowest BCUT2D eigenvalue weighted by Gasteiger charge is -2.29. The highest BCUT2D eigenvalue weighted by Gasteiger charge is 2.30. The molecular weight excluding hydrogens is 326 g/mol. The molecule has 132 valence electrons. The van der Waals surface area contributed by atoms with Crippen molar-refractivity contribution in [2.75, 3.05) is 24.5 Å². The van der Waals surface area contributed by atoms with Crippen LogP contribution < -0.4 is 4.90 Å². The monoisotopic (exact) mass is 351 g/mol. The standard InChI is InChI=1S/C17H25N3O3S/c1-5-8-11-20-13(4)18-24(22,23)16-12-14(9-10-15(16)20)17(21)19(6-2)7-3/h9-10,12H,5-8,11H2,1-4H3. The lowest BCUT2D eigenvalue weighted by Crippen LogP contribution is -2.35. The lowest BCUT2D eigenvalue weighted by molar-refractivity contribution is 0.0773. The van der Waals surface area contributed by atoms with Gasteiger partial charge in [0.2, 0.25) is 0 Å². The highest BCUT2D eigenvalue weighted by molar-refractivity contribution is 7.90. The normalized spacial score (nSPS) is 15.7. The topological polar surface area (TPSA) is 70.0 Å². The molecule has 24 heavy (non-hydrogen) atoms. The van der Waals surface area contributed by atoms with E-state index in [-0.39, 0.29) is 10.8 Å². The third-order valence-electron chi connectivity index (χ3n) is 4.20. The van der Waals surface area contributed by atoms with E-state index in [0.717, 1.165) is 12.8 Å². The first-order valence-electron chi connectivity index (χ1n) is 8.38. The van der Waals surface area contributed by atoms with Crippen molar-refractivity contribution >= 4 is 27.5 Å². The number of anilines is 1. The molecule has 0 fully saturated rings. The number of hydrogen-bond acceptors (Lipinski definition) is 4. The number of nitrogens with zero attached hydrogens (tertiary/aromatic N) is 3. The van der Waals surface area contributed by atoms with E-state index in [1.165, 1.54) is 6.07 Å². The first-order valence-corrected chi connectivity index (χ1v) is 9.82. The van der Waals surface area contributed by atoms with Crippen molar-refractivity contribution in [2.45, 2.75) is 45.4 Å². The molecule has 1 heterocycles. The number of fused-ring (bicyclic) bond motifs is 1. The van der Waals surface area contributed by atoms with Crippen LogP contribution in [0.4, 0.5) is 5.69 Å². The van der Waals surface area contributed by atoms with Crippen molar-refractivity contribution in [3.8, 4) is 0 Å². The zero-order chi connectivity index (χ0) is 17.9. The van der Waals surface area contributed by atoms with Gasteiger partial charge in [-0.2, -0.15) is 8.42 Å². The van der Waals surface area contributed by atoms with Gasteiger partial charge in [-0.3, -0.25) is 4.79 Å². The van der Waals surface area contributed by atoms with Crippen LogP contribution in [0.2, 0.25) is 0 Å². The van der Waals surface area contributed by atoms with Crippen LogP contribution in [0.15, 0.2) is 27.5 Å². The van der Waals surface area contributed by atoms with Crippen LogP contribution in [-0.4, -0.2) is 44.7 Å². The van der Waals surface area contributed by atoms with Gasteiger partial charge < -0.3 is 9.80 Å². The summed E-state index contributed by atoms with van der Waals surface area (Å²) in [6, 6.07) is 4.88. The second kappa shape index (κ2) is 7.34. The van der Waals surface area contributed by atoms with E-state index >= 15 is 0 Å². The van der Waals surface area contributed by atoms with Crippen LogP contribution in [0.5, 0.6) is 0 Å². The third kappa shape index (κ3) is 3.45. The average Bonchev–Trinajstić information content (AvgIpc) is 2.55. The van der Waals surface area contributed by atoms with Crippen molar-refractivity contribution in [1.29, 1.82) is 0 Å². The summed E-state index contributed by atoms with van der Waals surface area (Å²) in [4.78, 5) is 16.2. The van der Waals surface area contributed by atoms with Gasteiger partial charge in [-0.1, -0.05) is 13.3 Å². The fourth-order valence-corrected chi connectivity index (χ4v) is 4.08. The van der Waals surface area contributed by atoms with Gasteiger partial charge in [0.05, 0.1) is 5.69 Å². The van der Waals surface area contributed by atoms with Crippen LogP contribution in [-0.2, 0) is 10.0 Å². The van der Waals surface area contributed by atoms with E-state index in [9.17, 15) is 13.2 Å². The maximum absolute atomic E-state index is 12.5. The van der Waals surface area contributed by atoms with Crippen molar-refractivity contribution in [3.05, 3.63) is 23.8 Å². The summed E-state index contributed by atoms with van der Waals surface area (Å²) in [7, 11) is -3.77. The van der Waals surface area contributed by atoms with Crippen LogP contribution in [0.3, 0.4) is 0 Å². The largest absolute Gasteiger partial charge is 0.339 e. The van der Waals surface area contributed by atoms with Crippen molar-refractivity contribution in [2.24, 2.45) is 4.40 Å². The Hall–Kier alpha value is -1.89. The molecule has 0 aromatic heterocycles. The second-order valence-corrected chi connectivity index (χ2v) is 7.35. The molecular formula is C17H25N3O3S. The molecule has 0 saturated carbocycles. The lowest BCUT2D eigenvalue weighted by atomic mass is 10.1. The summed E-state index contributed by atoms with van der Waals surface area (Å²) >= 11 is 0. The number of unbranched alkanes of at least 4 members (excludes halogenated alkanes) is 1. The minimum absolute atomic E-state index is 0.113. The second-order valence-electron chi connectivity index (χ2n) is 5.78. The molecule has 6 nitrogen and oxygen atoms in total. The van der Waals surface area contributed by atoms with Gasteiger partial charge in [0.1, 0.15) is 10.7 Å². The number of hydrogen-bond donors (Lipinski definition) is 0. The molecule has 1 aromatic rings. The van der Waals surface area contributed by atoms with Gasteiger partial charge in [0.15, 0.2) is 0 Å². The molecule has 0 atom stereocenters. The number of rotatable bonds is 6. The van der Waals surface area contributed by atoms with E-state index < -0.39 is 10.0 Å². The zero-order valence-corrected chi connectivity index (χ0v) is 15.6. The van der Waals surface area contributed by atoms with E-state index in [4.69, 9.17) is 0 Å². The number of benzene rings is 1. The summed E-state index contributed by atoms with van der Waals surface area (Å²) in [5, 5.41) is 0. The molecule has 1 aliphatic rings. The molecule has 0 radical (unpaired) electrons. The molecule has 7 heteroatoms. The molecule has 2 rings (SSSR count). The van der Waals surface area contributed by atoms with Crippen LogP contribution in [0.1, 0.15) is 50.9 Å². The first-order chi connectivity index (χ1) is 11.4. The minimum atomic E-state index is -3.77. The van der Waals surface area contributed by atoms with E-state index in [1.807, 2.05) is 18.7 Å². The number of carbonyl (C=O) groups excluding carboxylic acids is 1. The molecule has 0 N–H and O–H groups in total. The van der Waals surface area contributed by atoms with Gasteiger partial charge in [-0.25, -0.2) is 0 Å². The summed E-state index contributed by atoms with van der Waals surface area (Å²) < 4.78 is 28.8. The summed E-state index contributed by atoms with van der Waals surface area (Å²) in [6.45, 7) is 9.45. The third-order valence-corrected chi connectivity index (χ3v) is 5.59. The smallest absolute Gasteiger partial charge is 0.286 e. The average molecular weight is 351 g/mol. The molecule has 0 aliphatic carbocycles. The van der Waals surface area contributed by atoms with E-state index in [1.54, 1.807) is 24.0 Å². The maximum Gasteiger partial charge on any atom is 0.286 e. The maximum atomic E-state index is 12.5. The highest BCUT2D eigenvalue weighted by atomic mass is 32.2. The number of amidine groups is 1. The van der Waals surface area contributed by atoms with Gasteiger partial charge in [-0.05, 0) is 45.4 Å². The van der Waals surface area contributed by atoms with Crippen LogP contribution in [0.25, 0.3) is 0 Å². The minimum Gasteiger partial charge on any atom is -0.339 e. The van der Waals surface area contributed by atoms with Crippen molar-refractivity contribution < 1.29 is 13.2 Å². The Morgan fingerprint density at radius 1 is 1.21 bits per heavy atom. The van der Waals surface area contributed by atoms with Gasteiger partial charge in [0, 0.05) is 25.2 Å². The zero-order valence-electron chi connectivity index (χ0n) is 14.7. The predicted molar refractivity (Wildman–Crippen MR) is 96.2 cm³/mol. The number of carbonyl (C=O) groups is 1. The molecule has 0 saturated heterocycles. The Bertz CT molecular complexity index is 752. The molecule has 1 aliphatic heterocycles. The van der Waals surface area contributed by atoms with Crippen molar-refractivity contribution in [3.63, 3.8) is 0 Å². The summed E-state index contributed by atoms with van der Waals surface area (Å²) in [5.74, 6) is 0.308. The first kappa shape index (κ1) is 18.4. The van der Waals surface area contributed by atoms with Crippen molar-refractivity contribution in [1.82, 2.24) is 4.90 Å². The quantitative estimate of drug-likeness (QED) is 0.790. The van der Waals surface area contributed by atoms with Gasteiger partial charge in [0.25, 0.3) is 15.9 Å². The Kier molecular flexibility index (Phi) is 5.64. The number of sulfonamides is 1. The Labute approximate surface area is 144 Å². The predicted octanol–water partition coefficient (Wildman–Crippen LogP) is 2.90. The molecule has 0 unspecified atom stereocenters. The van der Waals surface area contributed by atoms with Gasteiger partial charge >= 0.3 is 0 Å². The SMILES string of the molecule is CCCCN1C(C)=NS(=O)(=O)c2cc(C(=O)N(CC)CC)ccc21. The summed E-state index contributed by atoms with van der Waals surface area (Å²) in [6.07, 6.45) is 1.94. The van der Waals surface area contributed by atoms with E-state index in [0.29, 0.717) is 36.7 Å². The molecule has 0 bridgehead atoms. The van der Waals surface area contributed by atoms with Crippen LogP contribution >= 0.6 is 0 Å². The van der Waals surface area contributed by atoms with E-state index in [2.05, 4.69) is 11.3 Å². The molecule has 0 spiro atoms. The number of amides is 1. The Morgan fingerprint density at radius 2 is 1.88 bits per heavy atom. The fourth-order valence-electron chi connectivity index (χ4n) is 2.82. The highest BCUT2D eigenvalue weighted by Crippen LogP contribution is 2.33. The fraction of sp³-hybridized carbons (Fsp3) is 0.529. The van der Waals surface area contributed by atoms with Crippen LogP contribution in [0, 0.1) is 0 Å².